The lowest BCUT2D eigenvalue weighted by Gasteiger charge is -2.13. The molecular formula is C21H21ClN2O5S2. The zero-order valence-corrected chi connectivity index (χ0v) is 19.4. The molecule has 3 rings (SSSR count). The van der Waals surface area contributed by atoms with Crippen LogP contribution in [0.5, 0.6) is 5.75 Å². The highest BCUT2D eigenvalue weighted by molar-refractivity contribution is 7.93. The number of hydrogen-bond acceptors (Lipinski definition) is 5. The number of methoxy groups -OCH3 is 1. The van der Waals surface area contributed by atoms with Crippen LogP contribution in [-0.2, 0) is 20.0 Å². The van der Waals surface area contributed by atoms with Crippen molar-refractivity contribution in [2.45, 2.75) is 23.6 Å². The predicted molar refractivity (Wildman–Crippen MR) is 122 cm³/mol. The summed E-state index contributed by atoms with van der Waals surface area (Å²) in [4.78, 5) is 0.0516. The third kappa shape index (κ3) is 5.30. The van der Waals surface area contributed by atoms with Gasteiger partial charge in [0.1, 0.15) is 5.75 Å². The third-order valence-electron chi connectivity index (χ3n) is 4.54. The van der Waals surface area contributed by atoms with Crippen LogP contribution < -0.4 is 14.2 Å². The summed E-state index contributed by atoms with van der Waals surface area (Å²) in [6.07, 6.45) is 0. The summed E-state index contributed by atoms with van der Waals surface area (Å²) in [6, 6.07) is 14.8. The van der Waals surface area contributed by atoms with Gasteiger partial charge < -0.3 is 4.74 Å². The van der Waals surface area contributed by atoms with Crippen molar-refractivity contribution in [3.63, 3.8) is 0 Å². The Kier molecular flexibility index (Phi) is 6.49. The van der Waals surface area contributed by atoms with Gasteiger partial charge in [-0.15, -0.1) is 0 Å². The molecule has 164 valence electrons. The molecule has 0 atom stereocenters. The Balaban J connectivity index is 1.81. The van der Waals surface area contributed by atoms with Gasteiger partial charge in [0.2, 0.25) is 0 Å². The molecule has 0 unspecified atom stereocenters. The molecule has 0 aliphatic carbocycles. The van der Waals surface area contributed by atoms with E-state index in [0.717, 1.165) is 0 Å². The molecule has 0 saturated carbocycles. The van der Waals surface area contributed by atoms with E-state index in [1.54, 1.807) is 32.0 Å². The first kappa shape index (κ1) is 22.9. The van der Waals surface area contributed by atoms with E-state index in [2.05, 4.69) is 9.44 Å². The number of rotatable bonds is 7. The smallest absolute Gasteiger partial charge is 0.261 e. The van der Waals surface area contributed by atoms with Gasteiger partial charge in [0.25, 0.3) is 20.0 Å². The maximum absolute atomic E-state index is 12.7. The third-order valence-corrected chi connectivity index (χ3v) is 7.53. The average molecular weight is 481 g/mol. The molecule has 2 N–H and O–H groups in total. The number of anilines is 2. The van der Waals surface area contributed by atoms with Gasteiger partial charge in [0.15, 0.2) is 0 Å². The van der Waals surface area contributed by atoms with E-state index in [1.807, 2.05) is 0 Å². The van der Waals surface area contributed by atoms with Gasteiger partial charge >= 0.3 is 0 Å². The Morgan fingerprint density at radius 3 is 1.97 bits per heavy atom. The minimum atomic E-state index is -3.88. The zero-order valence-electron chi connectivity index (χ0n) is 17.0. The van der Waals surface area contributed by atoms with Gasteiger partial charge in [0, 0.05) is 10.7 Å². The van der Waals surface area contributed by atoms with Crippen molar-refractivity contribution in [2.24, 2.45) is 0 Å². The first-order chi connectivity index (χ1) is 14.5. The fourth-order valence-corrected chi connectivity index (χ4v) is 5.28. The van der Waals surface area contributed by atoms with E-state index in [-0.39, 0.29) is 15.5 Å². The summed E-state index contributed by atoms with van der Waals surface area (Å²) < 4.78 is 60.7. The molecule has 0 spiro atoms. The van der Waals surface area contributed by atoms with Crippen molar-refractivity contribution in [3.8, 4) is 5.75 Å². The van der Waals surface area contributed by atoms with E-state index in [0.29, 0.717) is 27.6 Å². The van der Waals surface area contributed by atoms with Crippen molar-refractivity contribution in [1.82, 2.24) is 0 Å². The highest BCUT2D eigenvalue weighted by Crippen LogP contribution is 2.26. The number of aryl methyl sites for hydroxylation is 2. The molecule has 3 aromatic rings. The first-order valence-electron chi connectivity index (χ1n) is 9.08. The van der Waals surface area contributed by atoms with Crippen molar-refractivity contribution < 1.29 is 21.6 Å². The lowest BCUT2D eigenvalue weighted by atomic mass is 10.2. The fourth-order valence-electron chi connectivity index (χ4n) is 2.84. The lowest BCUT2D eigenvalue weighted by Crippen LogP contribution is -2.15. The van der Waals surface area contributed by atoms with Gasteiger partial charge in [-0.3, -0.25) is 9.44 Å². The van der Waals surface area contributed by atoms with E-state index in [9.17, 15) is 16.8 Å². The monoisotopic (exact) mass is 480 g/mol. The molecule has 7 nitrogen and oxygen atoms in total. The summed E-state index contributed by atoms with van der Waals surface area (Å²) in [5.41, 5.74) is 1.99. The highest BCUT2D eigenvalue weighted by atomic mass is 35.5. The zero-order chi connectivity index (χ0) is 22.8. The van der Waals surface area contributed by atoms with Crippen LogP contribution in [0, 0.1) is 13.8 Å². The van der Waals surface area contributed by atoms with E-state index >= 15 is 0 Å². The van der Waals surface area contributed by atoms with Crippen molar-refractivity contribution in [2.75, 3.05) is 16.6 Å². The summed E-state index contributed by atoms with van der Waals surface area (Å²) in [6.45, 7) is 3.50. The Bertz CT molecular complexity index is 1320. The highest BCUT2D eigenvalue weighted by Gasteiger charge is 2.18. The van der Waals surface area contributed by atoms with Crippen LogP contribution in [0.4, 0.5) is 11.4 Å². The quantitative estimate of drug-likeness (QED) is 0.516. The van der Waals surface area contributed by atoms with E-state index in [4.69, 9.17) is 16.3 Å². The second kappa shape index (κ2) is 8.78. The van der Waals surface area contributed by atoms with Gasteiger partial charge in [-0.2, -0.15) is 0 Å². The van der Waals surface area contributed by atoms with Crippen LogP contribution in [0.2, 0.25) is 5.02 Å². The fraction of sp³-hybridized carbons (Fsp3) is 0.143. The molecule has 0 radical (unpaired) electrons. The van der Waals surface area contributed by atoms with Gasteiger partial charge in [-0.25, -0.2) is 16.8 Å². The van der Waals surface area contributed by atoms with Crippen LogP contribution in [0.25, 0.3) is 0 Å². The maximum Gasteiger partial charge on any atom is 0.261 e. The molecule has 0 bridgehead atoms. The largest absolute Gasteiger partial charge is 0.496 e. The summed E-state index contributed by atoms with van der Waals surface area (Å²) in [5, 5.41) is 0.404. The molecule has 0 aliphatic rings. The average Bonchev–Trinajstić information content (AvgIpc) is 2.70. The Morgan fingerprint density at radius 1 is 0.742 bits per heavy atom. The number of hydrogen-bond donors (Lipinski definition) is 2. The van der Waals surface area contributed by atoms with Crippen LogP contribution in [0.3, 0.4) is 0 Å². The lowest BCUT2D eigenvalue weighted by molar-refractivity contribution is 0.411. The summed E-state index contributed by atoms with van der Waals surface area (Å²) in [7, 11) is -6.22. The van der Waals surface area contributed by atoms with Crippen LogP contribution in [0.15, 0.2) is 70.5 Å². The van der Waals surface area contributed by atoms with E-state index in [1.165, 1.54) is 49.6 Å². The molecule has 10 heteroatoms. The molecular weight excluding hydrogens is 460 g/mol. The second-order valence-electron chi connectivity index (χ2n) is 6.83. The van der Waals surface area contributed by atoms with Crippen LogP contribution in [-0.4, -0.2) is 23.9 Å². The minimum Gasteiger partial charge on any atom is -0.496 e. The first-order valence-corrected chi connectivity index (χ1v) is 12.4. The van der Waals surface area contributed by atoms with Crippen molar-refractivity contribution in [3.05, 3.63) is 76.8 Å². The van der Waals surface area contributed by atoms with E-state index < -0.39 is 20.0 Å². The summed E-state index contributed by atoms with van der Waals surface area (Å²) >= 11 is 5.94. The molecule has 31 heavy (non-hydrogen) atoms. The van der Waals surface area contributed by atoms with Crippen LogP contribution in [0.1, 0.15) is 11.1 Å². The molecule has 0 aromatic heterocycles. The topological polar surface area (TPSA) is 102 Å². The second-order valence-corrected chi connectivity index (χ2v) is 10.6. The SMILES string of the molecule is COc1ccc(S(=O)(=O)Nc2ccc(S(=O)(=O)Nc3cc(Cl)ccc3C)cc2)cc1C. The Morgan fingerprint density at radius 2 is 1.35 bits per heavy atom. The molecule has 0 fully saturated rings. The molecule has 0 amide bonds. The van der Waals surface area contributed by atoms with Crippen molar-refractivity contribution in [1.29, 1.82) is 0 Å². The normalized spacial score (nSPS) is 11.7. The number of benzene rings is 3. The molecule has 0 saturated heterocycles. The summed E-state index contributed by atoms with van der Waals surface area (Å²) in [5.74, 6) is 0.580. The Hall–Kier alpha value is -2.75. The van der Waals surface area contributed by atoms with Crippen molar-refractivity contribution >= 4 is 43.0 Å². The number of sulfonamides is 2. The molecule has 0 heterocycles. The molecule has 0 aliphatic heterocycles. The number of nitrogens with one attached hydrogen (secondary N) is 2. The van der Waals surface area contributed by atoms with Gasteiger partial charge in [-0.05, 0) is 79.6 Å². The van der Waals surface area contributed by atoms with Gasteiger partial charge in [-0.1, -0.05) is 17.7 Å². The van der Waals surface area contributed by atoms with Crippen LogP contribution >= 0.6 is 11.6 Å². The minimum absolute atomic E-state index is 0.0184. The maximum atomic E-state index is 12.7. The predicted octanol–water partition coefficient (Wildman–Crippen LogP) is 4.57. The Labute approximate surface area is 187 Å². The van der Waals surface area contributed by atoms with Gasteiger partial charge in [0.05, 0.1) is 22.6 Å². The number of ether oxygens (including phenoxy) is 1. The number of halogens is 1. The standard InChI is InChI=1S/C21H21ClN2O5S2/c1-14-4-5-16(22)13-20(14)24-30(25,26)18-8-6-17(7-9-18)23-31(27,28)19-10-11-21(29-3)15(2)12-19/h4-13,23-24H,1-3H3. The molecule has 3 aromatic carbocycles.